The van der Waals surface area contributed by atoms with Crippen LogP contribution in [0.1, 0.15) is 40.8 Å². The fourth-order valence-electron chi connectivity index (χ4n) is 4.34. The Labute approximate surface area is 207 Å². The number of aliphatic imine (C=N–C) groups is 1. The van der Waals surface area contributed by atoms with Gasteiger partial charge in [-0.3, -0.25) is 14.4 Å². The van der Waals surface area contributed by atoms with E-state index in [9.17, 15) is 9.18 Å². The summed E-state index contributed by atoms with van der Waals surface area (Å²) in [5.41, 5.74) is 3.84. The number of hydrogen-bond donors (Lipinski definition) is 0. The summed E-state index contributed by atoms with van der Waals surface area (Å²) in [7, 11) is 1.61. The van der Waals surface area contributed by atoms with E-state index in [1.807, 2.05) is 41.8 Å². The summed E-state index contributed by atoms with van der Waals surface area (Å²) in [4.78, 5) is 18.1. The maximum atomic E-state index is 13.6. The van der Waals surface area contributed by atoms with Crippen molar-refractivity contribution in [2.24, 2.45) is 4.99 Å². The molecule has 0 bridgehead atoms. The summed E-state index contributed by atoms with van der Waals surface area (Å²) in [6, 6.07) is 18.6. The Balaban J connectivity index is 1.62. The third kappa shape index (κ3) is 4.59. The van der Waals surface area contributed by atoms with E-state index in [4.69, 9.17) is 21.3 Å². The molecular formula is C27H22ClFN4O2. The third-order valence-electron chi connectivity index (χ3n) is 5.96. The highest BCUT2D eigenvalue weighted by molar-refractivity contribution is 6.30. The van der Waals surface area contributed by atoms with Gasteiger partial charge in [0.1, 0.15) is 29.2 Å². The summed E-state index contributed by atoms with van der Waals surface area (Å²) in [5, 5.41) is 9.29. The molecule has 176 valence electrons. The number of rotatable bonds is 6. The Morgan fingerprint density at radius 3 is 2.63 bits per heavy atom. The first kappa shape index (κ1) is 22.9. The topological polar surface area (TPSA) is 69.4 Å². The fraction of sp³-hybridized carbons (Fsp3) is 0.185. The number of nitrogens with zero attached hydrogens (tertiary/aromatic N) is 4. The molecule has 1 unspecified atom stereocenters. The number of aromatic nitrogens is 3. The van der Waals surface area contributed by atoms with Crippen LogP contribution in [0.15, 0.2) is 71.7 Å². The van der Waals surface area contributed by atoms with Crippen LogP contribution >= 0.6 is 11.6 Å². The molecule has 0 fully saturated rings. The average molecular weight is 489 g/mol. The zero-order valence-corrected chi connectivity index (χ0v) is 20.0. The minimum Gasteiger partial charge on any atom is -0.497 e. The highest BCUT2D eigenvalue weighted by Gasteiger charge is 2.30. The lowest BCUT2D eigenvalue weighted by Gasteiger charge is -2.14. The molecule has 35 heavy (non-hydrogen) atoms. The van der Waals surface area contributed by atoms with Crippen molar-refractivity contribution >= 4 is 23.1 Å². The van der Waals surface area contributed by atoms with Gasteiger partial charge in [0.25, 0.3) is 0 Å². The van der Waals surface area contributed by atoms with Crippen LogP contribution in [0.3, 0.4) is 0 Å². The molecule has 0 aliphatic carbocycles. The Bertz CT molecular complexity index is 1450. The van der Waals surface area contributed by atoms with Gasteiger partial charge in [0.05, 0.1) is 18.5 Å². The molecule has 4 aromatic rings. The molecule has 5 rings (SSSR count). The number of hydrogen-bond acceptors (Lipinski definition) is 5. The van der Waals surface area contributed by atoms with Crippen LogP contribution in [-0.2, 0) is 11.2 Å². The molecule has 2 heterocycles. The van der Waals surface area contributed by atoms with Crippen LogP contribution in [0, 0.1) is 12.7 Å². The van der Waals surface area contributed by atoms with Crippen molar-refractivity contribution in [2.75, 3.05) is 7.11 Å². The Morgan fingerprint density at radius 1 is 1.09 bits per heavy atom. The smallest absolute Gasteiger partial charge is 0.162 e. The van der Waals surface area contributed by atoms with Crippen molar-refractivity contribution in [1.29, 1.82) is 0 Å². The minimum absolute atomic E-state index is 0.0736. The zero-order valence-electron chi connectivity index (χ0n) is 19.2. The van der Waals surface area contributed by atoms with Gasteiger partial charge in [-0.1, -0.05) is 35.9 Å². The quantitative estimate of drug-likeness (QED) is 0.361. The lowest BCUT2D eigenvalue weighted by atomic mass is 9.99. The number of fused-ring (bicyclic) bond motifs is 3. The minimum atomic E-state index is -0.582. The van der Waals surface area contributed by atoms with E-state index in [0.29, 0.717) is 33.7 Å². The molecule has 1 aliphatic heterocycles. The van der Waals surface area contributed by atoms with Gasteiger partial charge < -0.3 is 4.74 Å². The van der Waals surface area contributed by atoms with Gasteiger partial charge in [-0.05, 0) is 55.0 Å². The lowest BCUT2D eigenvalue weighted by molar-refractivity contribution is -0.118. The SMILES string of the molecule is COc1ccc2c(c1)C(c1ccc(Cl)cc1)=NC(CC(=O)Cc1cccc(F)c1)c1nnc(C)n1-2. The normalized spacial score (nSPS) is 14.5. The number of Topliss-reactive ketones (excluding diaryl/α,β-unsaturated/α-hetero) is 1. The molecule has 6 nitrogen and oxygen atoms in total. The van der Waals surface area contributed by atoms with Gasteiger partial charge in [-0.25, -0.2) is 4.39 Å². The van der Waals surface area contributed by atoms with Crippen LogP contribution < -0.4 is 4.74 Å². The van der Waals surface area contributed by atoms with Crippen molar-refractivity contribution in [3.63, 3.8) is 0 Å². The Morgan fingerprint density at radius 2 is 1.89 bits per heavy atom. The molecule has 0 saturated heterocycles. The third-order valence-corrected chi connectivity index (χ3v) is 6.21. The fourth-order valence-corrected chi connectivity index (χ4v) is 4.47. The number of ether oxygens (including phenoxy) is 1. The second-order valence-electron chi connectivity index (χ2n) is 8.37. The highest BCUT2D eigenvalue weighted by atomic mass is 35.5. The average Bonchev–Trinajstić information content (AvgIpc) is 3.17. The molecule has 0 N–H and O–H groups in total. The summed E-state index contributed by atoms with van der Waals surface area (Å²) in [6.45, 7) is 1.86. The summed E-state index contributed by atoms with van der Waals surface area (Å²) < 4.78 is 21.1. The highest BCUT2D eigenvalue weighted by Crippen LogP contribution is 2.34. The number of methoxy groups -OCH3 is 1. The summed E-state index contributed by atoms with van der Waals surface area (Å²) in [6.07, 6.45) is 0.199. The molecule has 1 atom stereocenters. The number of ketones is 1. The summed E-state index contributed by atoms with van der Waals surface area (Å²) >= 11 is 6.14. The van der Waals surface area contributed by atoms with Crippen molar-refractivity contribution in [3.8, 4) is 11.4 Å². The molecule has 8 heteroatoms. The first-order valence-electron chi connectivity index (χ1n) is 11.1. The van der Waals surface area contributed by atoms with E-state index in [0.717, 1.165) is 16.8 Å². The van der Waals surface area contributed by atoms with Crippen LogP contribution in [0.25, 0.3) is 5.69 Å². The van der Waals surface area contributed by atoms with E-state index in [2.05, 4.69) is 10.2 Å². The van der Waals surface area contributed by atoms with Crippen molar-refractivity contribution in [1.82, 2.24) is 14.8 Å². The second-order valence-corrected chi connectivity index (χ2v) is 8.81. The van der Waals surface area contributed by atoms with Gasteiger partial charge >= 0.3 is 0 Å². The molecule has 1 aliphatic rings. The van der Waals surface area contributed by atoms with E-state index < -0.39 is 6.04 Å². The number of aryl methyl sites for hydroxylation is 1. The maximum Gasteiger partial charge on any atom is 0.162 e. The largest absolute Gasteiger partial charge is 0.497 e. The van der Waals surface area contributed by atoms with Crippen molar-refractivity contribution in [2.45, 2.75) is 25.8 Å². The lowest BCUT2D eigenvalue weighted by Crippen LogP contribution is -2.13. The number of halogens is 2. The van der Waals surface area contributed by atoms with Crippen LogP contribution in [0.2, 0.25) is 5.02 Å². The van der Waals surface area contributed by atoms with Gasteiger partial charge in [0.15, 0.2) is 5.82 Å². The van der Waals surface area contributed by atoms with E-state index in [1.54, 1.807) is 31.4 Å². The zero-order chi connectivity index (χ0) is 24.5. The Kier molecular flexibility index (Phi) is 6.17. The van der Waals surface area contributed by atoms with E-state index in [1.165, 1.54) is 12.1 Å². The van der Waals surface area contributed by atoms with E-state index in [-0.39, 0.29) is 24.4 Å². The molecule has 0 spiro atoms. The standard InChI is InChI=1S/C27H22ClFN4O2/c1-16-31-32-27-24(14-21(34)13-17-4-3-5-20(29)12-17)30-26(18-6-8-19(28)9-7-18)23-15-22(35-2)10-11-25(23)33(16)27/h3-12,15,24H,13-14H2,1-2H3. The second kappa shape index (κ2) is 9.43. The van der Waals surface area contributed by atoms with Crippen LogP contribution in [0.4, 0.5) is 4.39 Å². The molecule has 3 aromatic carbocycles. The van der Waals surface area contributed by atoms with Gasteiger partial charge in [-0.15, -0.1) is 10.2 Å². The van der Waals surface area contributed by atoms with Gasteiger partial charge in [0, 0.05) is 29.0 Å². The molecule has 1 aromatic heterocycles. The van der Waals surface area contributed by atoms with Crippen LogP contribution in [-0.4, -0.2) is 33.4 Å². The number of carbonyl (C=O) groups excluding carboxylic acids is 1. The van der Waals surface area contributed by atoms with E-state index >= 15 is 0 Å². The van der Waals surface area contributed by atoms with Crippen molar-refractivity contribution in [3.05, 3.63) is 106 Å². The first-order chi connectivity index (χ1) is 16.9. The predicted molar refractivity (Wildman–Crippen MR) is 132 cm³/mol. The van der Waals surface area contributed by atoms with Gasteiger partial charge in [0.2, 0.25) is 0 Å². The van der Waals surface area contributed by atoms with Gasteiger partial charge in [-0.2, -0.15) is 0 Å². The number of carbonyl (C=O) groups is 1. The maximum absolute atomic E-state index is 13.6. The number of benzene rings is 3. The Hall–Kier alpha value is -3.84. The summed E-state index contributed by atoms with van der Waals surface area (Å²) in [5.74, 6) is 1.49. The molecule has 0 amide bonds. The monoisotopic (exact) mass is 488 g/mol. The molecule has 0 saturated carbocycles. The first-order valence-corrected chi connectivity index (χ1v) is 11.5. The van der Waals surface area contributed by atoms with Crippen LogP contribution in [0.5, 0.6) is 5.75 Å². The predicted octanol–water partition coefficient (Wildman–Crippen LogP) is 5.47. The molecule has 0 radical (unpaired) electrons. The van der Waals surface area contributed by atoms with Crippen molar-refractivity contribution < 1.29 is 13.9 Å². The molecular weight excluding hydrogens is 467 g/mol.